The molecule has 2 aliphatic rings. The van der Waals surface area contributed by atoms with Gasteiger partial charge in [-0.05, 0) is 30.9 Å². The van der Waals surface area contributed by atoms with E-state index in [1.54, 1.807) is 0 Å². The first kappa shape index (κ1) is 20.3. The van der Waals surface area contributed by atoms with Crippen LogP contribution in [0.4, 0.5) is 0 Å². The van der Waals surface area contributed by atoms with E-state index in [2.05, 4.69) is 35.1 Å². The number of para-hydroxylation sites is 1. The van der Waals surface area contributed by atoms with E-state index in [0.29, 0.717) is 11.9 Å². The fraction of sp³-hybridized carbons (Fsp3) is 0.632. The van der Waals surface area contributed by atoms with E-state index in [1.165, 1.54) is 25.1 Å². The summed E-state index contributed by atoms with van der Waals surface area (Å²) in [4.78, 5) is 7.15. The summed E-state index contributed by atoms with van der Waals surface area (Å²) in [6.07, 6.45) is 2.14. The third-order valence-electron chi connectivity index (χ3n) is 4.79. The van der Waals surface area contributed by atoms with Crippen LogP contribution in [-0.4, -0.2) is 43.6 Å². The molecule has 3 rings (SSSR count). The fourth-order valence-corrected chi connectivity index (χ4v) is 3.69. The number of halogens is 1. The Morgan fingerprint density at radius 2 is 2.16 bits per heavy atom. The van der Waals surface area contributed by atoms with Crippen molar-refractivity contribution in [2.75, 3.05) is 32.8 Å². The minimum atomic E-state index is 0. The van der Waals surface area contributed by atoms with Crippen LogP contribution in [0.2, 0.25) is 0 Å². The Kier molecular flexibility index (Phi) is 7.81. The molecule has 25 heavy (non-hydrogen) atoms. The Morgan fingerprint density at radius 3 is 2.96 bits per heavy atom. The molecule has 140 valence electrons. The number of fused-ring (bicyclic) bond motifs is 1. The highest BCUT2D eigenvalue weighted by atomic mass is 127. The Balaban J connectivity index is 0.00000225. The van der Waals surface area contributed by atoms with Gasteiger partial charge in [0.25, 0.3) is 0 Å². The smallest absolute Gasteiger partial charge is 0.189 e. The zero-order valence-corrected chi connectivity index (χ0v) is 17.6. The number of nitrogens with one attached hydrogen (secondary N) is 1. The second-order valence-corrected chi connectivity index (χ2v) is 7.41. The highest BCUT2D eigenvalue weighted by molar-refractivity contribution is 14.0. The van der Waals surface area contributed by atoms with Crippen molar-refractivity contribution >= 4 is 29.9 Å². The van der Waals surface area contributed by atoms with Crippen molar-refractivity contribution < 1.29 is 4.74 Å². The van der Waals surface area contributed by atoms with Crippen LogP contribution in [0.3, 0.4) is 0 Å². The topological polar surface area (TPSA) is 62.9 Å². The Morgan fingerprint density at radius 1 is 1.36 bits per heavy atom. The van der Waals surface area contributed by atoms with E-state index in [1.807, 2.05) is 18.2 Å². The molecule has 2 heterocycles. The van der Waals surface area contributed by atoms with E-state index in [-0.39, 0.29) is 30.0 Å². The number of nitrogens with two attached hydrogens (primary N) is 1. The molecule has 0 saturated carbocycles. The molecule has 1 aromatic rings. The summed E-state index contributed by atoms with van der Waals surface area (Å²) < 4.78 is 5.69. The highest BCUT2D eigenvalue weighted by Crippen LogP contribution is 2.31. The predicted molar refractivity (Wildman–Crippen MR) is 114 cm³/mol. The van der Waals surface area contributed by atoms with Crippen molar-refractivity contribution in [2.45, 2.75) is 32.7 Å². The van der Waals surface area contributed by atoms with E-state index in [0.717, 1.165) is 37.8 Å². The standard InChI is InChI=1S/C19H30N4O.HI/c1-14(2)12-23-9-7-15(13-23)11-21-19(20)22-17-8-10-24-18-6-4-3-5-16(17)18;/h3-6,14-15,17H,7-13H2,1-2H3,(H3,20,21,22);1H. The second-order valence-electron chi connectivity index (χ2n) is 7.41. The van der Waals surface area contributed by atoms with Gasteiger partial charge in [-0.15, -0.1) is 24.0 Å². The Bertz CT molecular complexity index is 578. The summed E-state index contributed by atoms with van der Waals surface area (Å²) in [5.74, 6) is 2.87. The zero-order valence-electron chi connectivity index (χ0n) is 15.3. The van der Waals surface area contributed by atoms with E-state index < -0.39 is 0 Å². The van der Waals surface area contributed by atoms with Crippen molar-refractivity contribution in [3.8, 4) is 5.75 Å². The van der Waals surface area contributed by atoms with Crippen molar-refractivity contribution in [1.82, 2.24) is 10.2 Å². The van der Waals surface area contributed by atoms with Crippen molar-refractivity contribution in [3.63, 3.8) is 0 Å². The molecule has 2 unspecified atom stereocenters. The lowest BCUT2D eigenvalue weighted by atomic mass is 10.0. The van der Waals surface area contributed by atoms with Crippen molar-refractivity contribution in [2.24, 2.45) is 22.6 Å². The molecule has 0 bridgehead atoms. The molecule has 0 aromatic heterocycles. The summed E-state index contributed by atoms with van der Waals surface area (Å²) in [5.41, 5.74) is 7.31. The number of aliphatic imine (C=N–C) groups is 1. The molecule has 0 amide bonds. The minimum absolute atomic E-state index is 0. The quantitative estimate of drug-likeness (QED) is 0.405. The van der Waals surface area contributed by atoms with Gasteiger partial charge in [0.1, 0.15) is 5.75 Å². The molecule has 1 saturated heterocycles. The second kappa shape index (κ2) is 9.62. The van der Waals surface area contributed by atoms with Gasteiger partial charge in [-0.25, -0.2) is 0 Å². The third-order valence-corrected chi connectivity index (χ3v) is 4.79. The number of guanidine groups is 1. The van der Waals surface area contributed by atoms with Crippen LogP contribution in [0.5, 0.6) is 5.75 Å². The summed E-state index contributed by atoms with van der Waals surface area (Å²) in [6.45, 7) is 9.62. The fourth-order valence-electron chi connectivity index (χ4n) is 3.69. The molecule has 2 atom stereocenters. The van der Waals surface area contributed by atoms with Crippen LogP contribution in [-0.2, 0) is 0 Å². The molecule has 1 fully saturated rings. The van der Waals surface area contributed by atoms with Gasteiger partial charge in [0.15, 0.2) is 5.96 Å². The Hall–Kier alpha value is -1.02. The maximum absolute atomic E-state index is 6.14. The summed E-state index contributed by atoms with van der Waals surface area (Å²) in [5, 5.41) is 3.38. The van der Waals surface area contributed by atoms with Gasteiger partial charge in [-0.1, -0.05) is 32.0 Å². The molecule has 0 spiro atoms. The summed E-state index contributed by atoms with van der Waals surface area (Å²) >= 11 is 0. The van der Waals surface area contributed by atoms with Gasteiger partial charge < -0.3 is 20.7 Å². The largest absolute Gasteiger partial charge is 0.493 e. The maximum Gasteiger partial charge on any atom is 0.189 e. The average Bonchev–Trinajstić information content (AvgIpc) is 3.00. The van der Waals surface area contributed by atoms with Crippen LogP contribution >= 0.6 is 24.0 Å². The number of nitrogens with zero attached hydrogens (tertiary/aromatic N) is 2. The number of ether oxygens (including phenoxy) is 1. The summed E-state index contributed by atoms with van der Waals surface area (Å²) in [6, 6.07) is 8.34. The third kappa shape index (κ3) is 5.74. The van der Waals surface area contributed by atoms with E-state index in [9.17, 15) is 0 Å². The minimum Gasteiger partial charge on any atom is -0.493 e. The molecular weight excluding hydrogens is 427 g/mol. The molecule has 5 nitrogen and oxygen atoms in total. The molecule has 3 N–H and O–H groups in total. The lowest BCUT2D eigenvalue weighted by Crippen LogP contribution is -2.37. The number of benzene rings is 1. The molecule has 0 radical (unpaired) electrons. The number of hydrogen-bond acceptors (Lipinski definition) is 3. The maximum atomic E-state index is 6.14. The zero-order chi connectivity index (χ0) is 16.9. The predicted octanol–water partition coefficient (Wildman–Crippen LogP) is 3.01. The number of hydrogen-bond donors (Lipinski definition) is 2. The van der Waals surface area contributed by atoms with E-state index in [4.69, 9.17) is 10.5 Å². The highest BCUT2D eigenvalue weighted by Gasteiger charge is 2.23. The van der Waals surface area contributed by atoms with Gasteiger partial charge in [0.05, 0.1) is 12.6 Å². The van der Waals surface area contributed by atoms with Gasteiger partial charge in [-0.3, -0.25) is 4.99 Å². The summed E-state index contributed by atoms with van der Waals surface area (Å²) in [7, 11) is 0. The van der Waals surface area contributed by atoms with Crippen LogP contribution in [0.1, 0.15) is 38.3 Å². The monoisotopic (exact) mass is 458 g/mol. The van der Waals surface area contributed by atoms with Crippen LogP contribution in [0.15, 0.2) is 29.3 Å². The van der Waals surface area contributed by atoms with Crippen LogP contribution < -0.4 is 15.8 Å². The van der Waals surface area contributed by atoms with Crippen LogP contribution in [0.25, 0.3) is 0 Å². The van der Waals surface area contributed by atoms with Gasteiger partial charge in [-0.2, -0.15) is 0 Å². The van der Waals surface area contributed by atoms with Crippen molar-refractivity contribution in [3.05, 3.63) is 29.8 Å². The molecule has 1 aromatic carbocycles. The number of rotatable bonds is 5. The molecule has 2 aliphatic heterocycles. The van der Waals surface area contributed by atoms with Crippen LogP contribution in [0, 0.1) is 11.8 Å². The van der Waals surface area contributed by atoms with E-state index >= 15 is 0 Å². The van der Waals surface area contributed by atoms with Gasteiger partial charge in [0.2, 0.25) is 0 Å². The molecule has 0 aliphatic carbocycles. The number of likely N-dealkylation sites (tertiary alicyclic amines) is 1. The normalized spacial score (nSPS) is 23.7. The molecular formula is C19H31IN4O. The first-order valence-corrected chi connectivity index (χ1v) is 9.12. The SMILES string of the molecule is CC(C)CN1CCC(CN=C(N)NC2CCOc3ccccc32)C1.I. The average molecular weight is 458 g/mol. The Labute approximate surface area is 168 Å². The van der Waals surface area contributed by atoms with Gasteiger partial charge >= 0.3 is 0 Å². The first-order chi connectivity index (χ1) is 11.6. The lowest BCUT2D eigenvalue weighted by Gasteiger charge is -2.27. The van der Waals surface area contributed by atoms with Crippen molar-refractivity contribution in [1.29, 1.82) is 0 Å². The lowest BCUT2D eigenvalue weighted by molar-refractivity contribution is 0.262. The first-order valence-electron chi connectivity index (χ1n) is 9.12. The molecule has 6 heteroatoms. The van der Waals surface area contributed by atoms with Gasteiger partial charge in [0, 0.05) is 31.6 Å².